The molecule has 3 nitrogen and oxygen atoms in total. The first-order valence-corrected chi connectivity index (χ1v) is 4.28. The van der Waals surface area contributed by atoms with Gasteiger partial charge in [0.1, 0.15) is 6.29 Å². The van der Waals surface area contributed by atoms with Gasteiger partial charge >= 0.3 is 0 Å². The van der Waals surface area contributed by atoms with Gasteiger partial charge in [-0.05, 0) is 26.2 Å². The first-order chi connectivity index (χ1) is 6.35. The smallest absolute Gasteiger partial charge is 0.150 e. The molecule has 0 amide bonds. The first-order valence-electron chi connectivity index (χ1n) is 4.28. The summed E-state index contributed by atoms with van der Waals surface area (Å²) < 4.78 is 0. The molecule has 1 rings (SSSR count). The van der Waals surface area contributed by atoms with Gasteiger partial charge in [-0.3, -0.25) is 9.78 Å². The Hall–Kier alpha value is -1.22. The van der Waals surface area contributed by atoms with Crippen LogP contribution in [0.15, 0.2) is 24.5 Å². The van der Waals surface area contributed by atoms with Crippen LogP contribution < -0.4 is 5.32 Å². The molecule has 1 aromatic rings. The number of carbonyl (C=O) groups excluding carboxylic acids is 1. The van der Waals surface area contributed by atoms with Crippen molar-refractivity contribution in [2.24, 2.45) is 0 Å². The van der Waals surface area contributed by atoms with Crippen LogP contribution >= 0.6 is 0 Å². The molecule has 0 radical (unpaired) electrons. The zero-order valence-electron chi connectivity index (χ0n) is 8.74. The van der Waals surface area contributed by atoms with Crippen LogP contribution in [0.3, 0.4) is 0 Å². The second kappa shape index (κ2) is 13.4. The minimum Gasteiger partial charge on any atom is -0.323 e. The molecule has 0 spiro atoms. The van der Waals surface area contributed by atoms with Gasteiger partial charge in [0.2, 0.25) is 0 Å². The summed E-state index contributed by atoms with van der Waals surface area (Å²) >= 11 is 0. The van der Waals surface area contributed by atoms with Crippen molar-refractivity contribution >= 4 is 6.29 Å². The van der Waals surface area contributed by atoms with Crippen molar-refractivity contribution < 1.29 is 4.79 Å². The largest absolute Gasteiger partial charge is 0.323 e. The predicted octanol–water partition coefficient (Wildman–Crippen LogP) is 1.76. The third-order valence-electron chi connectivity index (χ3n) is 0.842. The molecule has 1 aromatic heterocycles. The van der Waals surface area contributed by atoms with E-state index in [1.54, 1.807) is 24.5 Å². The molecule has 0 bridgehead atoms. The number of rotatable bonds is 1. The Morgan fingerprint density at radius 1 is 1.23 bits per heavy atom. The van der Waals surface area contributed by atoms with Gasteiger partial charge < -0.3 is 5.32 Å². The Kier molecular flexibility index (Phi) is 14.7. The predicted molar refractivity (Wildman–Crippen MR) is 56.0 cm³/mol. The van der Waals surface area contributed by atoms with Crippen LogP contribution in [-0.2, 0) is 0 Å². The standard InChI is InChI=1S/C6H5NO.C2H7N.C2H6/c8-5-6-1-3-7-4-2-6;1-3-2;1-2/h1-5H;3H,1-2H3;1-2H3. The van der Waals surface area contributed by atoms with E-state index < -0.39 is 0 Å². The number of pyridine rings is 1. The van der Waals surface area contributed by atoms with Gasteiger partial charge in [0.25, 0.3) is 0 Å². The zero-order valence-corrected chi connectivity index (χ0v) is 8.74. The van der Waals surface area contributed by atoms with Crippen LogP contribution in [0.4, 0.5) is 0 Å². The van der Waals surface area contributed by atoms with E-state index in [0.29, 0.717) is 5.56 Å². The minimum absolute atomic E-state index is 0.667. The maximum Gasteiger partial charge on any atom is 0.150 e. The van der Waals surface area contributed by atoms with Crippen molar-refractivity contribution in [1.82, 2.24) is 10.3 Å². The highest BCUT2D eigenvalue weighted by Crippen LogP contribution is 1.88. The molecule has 0 fully saturated rings. The Labute approximate surface area is 80.2 Å². The van der Waals surface area contributed by atoms with Gasteiger partial charge in [-0.25, -0.2) is 0 Å². The van der Waals surface area contributed by atoms with Crippen LogP contribution in [0.25, 0.3) is 0 Å². The molecule has 1 heterocycles. The van der Waals surface area contributed by atoms with E-state index in [2.05, 4.69) is 10.3 Å². The van der Waals surface area contributed by atoms with Crippen LogP contribution in [0.5, 0.6) is 0 Å². The van der Waals surface area contributed by atoms with Gasteiger partial charge in [0.05, 0.1) is 0 Å². The number of aldehydes is 1. The Morgan fingerprint density at radius 3 is 1.85 bits per heavy atom. The quantitative estimate of drug-likeness (QED) is 0.673. The van der Waals surface area contributed by atoms with Gasteiger partial charge in [-0.1, -0.05) is 13.8 Å². The number of nitrogens with one attached hydrogen (secondary N) is 1. The third-order valence-corrected chi connectivity index (χ3v) is 0.842. The van der Waals surface area contributed by atoms with E-state index in [0.717, 1.165) is 6.29 Å². The molecule has 13 heavy (non-hydrogen) atoms. The zero-order chi connectivity index (χ0) is 10.5. The molecule has 0 atom stereocenters. The lowest BCUT2D eigenvalue weighted by molar-refractivity contribution is 0.112. The summed E-state index contributed by atoms with van der Waals surface area (Å²) in [6.07, 6.45) is 3.97. The molecular weight excluding hydrogens is 164 g/mol. The van der Waals surface area contributed by atoms with Crippen LogP contribution in [0, 0.1) is 0 Å². The number of aromatic nitrogens is 1. The van der Waals surface area contributed by atoms with Crippen LogP contribution in [0.2, 0.25) is 0 Å². The molecule has 0 aliphatic carbocycles. The molecule has 74 valence electrons. The molecule has 0 aromatic carbocycles. The van der Waals surface area contributed by atoms with Crippen molar-refractivity contribution in [1.29, 1.82) is 0 Å². The Balaban J connectivity index is 0. The van der Waals surface area contributed by atoms with E-state index in [1.165, 1.54) is 0 Å². The fraction of sp³-hybridized carbons (Fsp3) is 0.400. The molecule has 3 heteroatoms. The molecule has 1 N–H and O–H groups in total. The highest BCUT2D eigenvalue weighted by atomic mass is 16.1. The summed E-state index contributed by atoms with van der Waals surface area (Å²) in [5, 5.41) is 2.75. The van der Waals surface area contributed by atoms with Crippen molar-refractivity contribution in [3.63, 3.8) is 0 Å². The van der Waals surface area contributed by atoms with Crippen molar-refractivity contribution in [2.75, 3.05) is 14.1 Å². The van der Waals surface area contributed by atoms with E-state index in [-0.39, 0.29) is 0 Å². The molecule has 0 saturated carbocycles. The number of nitrogens with zero attached hydrogens (tertiary/aromatic N) is 1. The van der Waals surface area contributed by atoms with Crippen LogP contribution in [-0.4, -0.2) is 25.4 Å². The fourth-order valence-electron chi connectivity index (χ4n) is 0.442. The highest BCUT2D eigenvalue weighted by Gasteiger charge is 1.80. The van der Waals surface area contributed by atoms with Crippen molar-refractivity contribution in [3.05, 3.63) is 30.1 Å². The summed E-state index contributed by atoms with van der Waals surface area (Å²) in [5.74, 6) is 0. The van der Waals surface area contributed by atoms with Crippen molar-refractivity contribution in [3.8, 4) is 0 Å². The maximum atomic E-state index is 9.98. The number of hydrogen-bond acceptors (Lipinski definition) is 3. The first kappa shape index (κ1) is 14.3. The summed E-state index contributed by atoms with van der Waals surface area (Å²) in [6.45, 7) is 4.00. The van der Waals surface area contributed by atoms with E-state index in [4.69, 9.17) is 0 Å². The fourth-order valence-corrected chi connectivity index (χ4v) is 0.442. The average Bonchev–Trinajstić information content (AvgIpc) is 2.23. The lowest BCUT2D eigenvalue weighted by Crippen LogP contribution is -1.89. The Morgan fingerprint density at radius 2 is 1.62 bits per heavy atom. The molecule has 0 saturated heterocycles. The molecule has 0 aliphatic heterocycles. The lowest BCUT2D eigenvalue weighted by atomic mass is 10.3. The van der Waals surface area contributed by atoms with Gasteiger partial charge in [0, 0.05) is 18.0 Å². The molecular formula is C10H18N2O. The minimum atomic E-state index is 0.667. The molecule has 0 aliphatic rings. The number of carbonyl (C=O) groups is 1. The summed E-state index contributed by atoms with van der Waals surface area (Å²) in [4.78, 5) is 13.7. The maximum absolute atomic E-state index is 9.98. The topological polar surface area (TPSA) is 42.0 Å². The average molecular weight is 182 g/mol. The van der Waals surface area contributed by atoms with Crippen molar-refractivity contribution in [2.45, 2.75) is 13.8 Å². The normalized spacial score (nSPS) is 7.08. The van der Waals surface area contributed by atoms with E-state index >= 15 is 0 Å². The summed E-state index contributed by atoms with van der Waals surface area (Å²) in [6, 6.07) is 3.32. The highest BCUT2D eigenvalue weighted by molar-refractivity contribution is 5.73. The van der Waals surface area contributed by atoms with Gasteiger partial charge in [-0.2, -0.15) is 0 Å². The monoisotopic (exact) mass is 182 g/mol. The van der Waals surface area contributed by atoms with Crippen LogP contribution in [0.1, 0.15) is 24.2 Å². The molecule has 0 unspecified atom stereocenters. The van der Waals surface area contributed by atoms with E-state index in [9.17, 15) is 4.79 Å². The SMILES string of the molecule is CC.CNC.O=Cc1ccncc1. The van der Waals surface area contributed by atoms with E-state index in [1.807, 2.05) is 27.9 Å². The summed E-state index contributed by atoms with van der Waals surface area (Å²) in [7, 11) is 3.75. The number of hydrogen-bond donors (Lipinski definition) is 1. The lowest BCUT2D eigenvalue weighted by Gasteiger charge is -1.81. The van der Waals surface area contributed by atoms with Gasteiger partial charge in [-0.15, -0.1) is 0 Å². The second-order valence-corrected chi connectivity index (χ2v) is 1.90. The second-order valence-electron chi connectivity index (χ2n) is 1.90. The summed E-state index contributed by atoms with van der Waals surface area (Å²) in [5.41, 5.74) is 0.667. The third kappa shape index (κ3) is 10.8. The Bertz CT molecular complexity index is 187. The van der Waals surface area contributed by atoms with Gasteiger partial charge in [0.15, 0.2) is 0 Å².